The highest BCUT2D eigenvalue weighted by Crippen LogP contribution is 2.12. The summed E-state index contributed by atoms with van der Waals surface area (Å²) in [4.78, 5) is 15.1. The monoisotopic (exact) mass is 250 g/mol. The lowest BCUT2D eigenvalue weighted by Gasteiger charge is -2.26. The highest BCUT2D eigenvalue weighted by atomic mass is 16.4. The molecule has 100 valence electrons. The predicted molar refractivity (Wildman–Crippen MR) is 74.1 cm³/mol. The molecule has 0 fully saturated rings. The average molecular weight is 250 g/mol. The van der Waals surface area contributed by atoms with E-state index in [9.17, 15) is 4.79 Å². The van der Waals surface area contributed by atoms with Crippen LogP contribution in [0, 0.1) is 0 Å². The largest absolute Gasteiger partial charge is 0.480 e. The quantitative estimate of drug-likeness (QED) is 0.765. The number of carboxylic acids is 1. The third kappa shape index (κ3) is 4.75. The van der Waals surface area contributed by atoms with E-state index in [1.54, 1.807) is 0 Å². The van der Waals surface area contributed by atoms with Crippen LogP contribution in [0.3, 0.4) is 0 Å². The Morgan fingerprint density at radius 2 is 1.72 bits per heavy atom. The van der Waals surface area contributed by atoms with Crippen molar-refractivity contribution >= 4 is 11.7 Å². The standard InChI is InChI=1S/C14H22N2O2/c1-3-15(4-2)10-11-16(12-14(17)18)13-8-6-5-7-9-13/h5-9H,3-4,10-12H2,1-2H3,(H,17,18). The van der Waals surface area contributed by atoms with Crippen molar-refractivity contribution in [3.63, 3.8) is 0 Å². The first-order valence-corrected chi connectivity index (χ1v) is 6.41. The second kappa shape index (κ2) is 7.71. The minimum atomic E-state index is -0.793. The van der Waals surface area contributed by atoms with E-state index >= 15 is 0 Å². The second-order valence-corrected chi connectivity index (χ2v) is 4.18. The molecule has 4 heteroatoms. The Hall–Kier alpha value is -1.55. The Labute approximate surface area is 109 Å². The number of aliphatic carboxylic acids is 1. The summed E-state index contributed by atoms with van der Waals surface area (Å²) in [6, 6.07) is 9.70. The third-order valence-corrected chi connectivity index (χ3v) is 3.03. The molecule has 1 rings (SSSR count). The van der Waals surface area contributed by atoms with Crippen molar-refractivity contribution in [2.75, 3.05) is 37.6 Å². The van der Waals surface area contributed by atoms with Crippen molar-refractivity contribution in [2.24, 2.45) is 0 Å². The number of likely N-dealkylation sites (N-methyl/N-ethyl adjacent to an activating group) is 1. The molecule has 0 spiro atoms. The van der Waals surface area contributed by atoms with Crippen LogP contribution in [0.15, 0.2) is 30.3 Å². The molecule has 0 unspecified atom stereocenters. The van der Waals surface area contributed by atoms with E-state index in [-0.39, 0.29) is 6.54 Å². The molecule has 1 aromatic rings. The van der Waals surface area contributed by atoms with Gasteiger partial charge in [-0.2, -0.15) is 0 Å². The number of hydrogen-bond acceptors (Lipinski definition) is 3. The number of benzene rings is 1. The SMILES string of the molecule is CCN(CC)CCN(CC(=O)O)c1ccccc1. The van der Waals surface area contributed by atoms with Gasteiger partial charge in [0.05, 0.1) is 0 Å². The molecule has 4 nitrogen and oxygen atoms in total. The van der Waals surface area contributed by atoms with Crippen LogP contribution in [-0.4, -0.2) is 48.7 Å². The van der Waals surface area contributed by atoms with E-state index in [4.69, 9.17) is 5.11 Å². The molecule has 1 aromatic carbocycles. The van der Waals surface area contributed by atoms with Crippen molar-refractivity contribution in [3.05, 3.63) is 30.3 Å². The van der Waals surface area contributed by atoms with Gasteiger partial charge in [0.25, 0.3) is 0 Å². The Bertz CT molecular complexity index is 350. The van der Waals surface area contributed by atoms with E-state index in [0.29, 0.717) is 0 Å². The van der Waals surface area contributed by atoms with Gasteiger partial charge >= 0.3 is 5.97 Å². The second-order valence-electron chi connectivity index (χ2n) is 4.18. The molecule has 0 atom stereocenters. The fourth-order valence-electron chi connectivity index (χ4n) is 1.90. The fourth-order valence-corrected chi connectivity index (χ4v) is 1.90. The van der Waals surface area contributed by atoms with Gasteiger partial charge in [0.15, 0.2) is 0 Å². The van der Waals surface area contributed by atoms with Crippen LogP contribution < -0.4 is 4.90 Å². The molecule has 1 N–H and O–H groups in total. The molecule has 0 amide bonds. The van der Waals surface area contributed by atoms with Gasteiger partial charge in [-0.3, -0.25) is 4.79 Å². The number of para-hydroxylation sites is 1. The van der Waals surface area contributed by atoms with E-state index in [0.717, 1.165) is 31.9 Å². The van der Waals surface area contributed by atoms with Gasteiger partial charge in [-0.1, -0.05) is 32.0 Å². The minimum Gasteiger partial charge on any atom is -0.480 e. The van der Waals surface area contributed by atoms with Gasteiger partial charge in [-0.15, -0.1) is 0 Å². The van der Waals surface area contributed by atoms with Crippen LogP contribution in [0.5, 0.6) is 0 Å². The Morgan fingerprint density at radius 3 is 2.22 bits per heavy atom. The molecule has 0 aliphatic carbocycles. The van der Waals surface area contributed by atoms with Crippen molar-refractivity contribution in [3.8, 4) is 0 Å². The summed E-state index contributed by atoms with van der Waals surface area (Å²) in [7, 11) is 0. The molecule has 18 heavy (non-hydrogen) atoms. The number of anilines is 1. The van der Waals surface area contributed by atoms with Crippen molar-refractivity contribution < 1.29 is 9.90 Å². The Kier molecular flexibility index (Phi) is 6.22. The topological polar surface area (TPSA) is 43.8 Å². The van der Waals surface area contributed by atoms with E-state index in [1.165, 1.54) is 0 Å². The normalized spacial score (nSPS) is 10.6. The lowest BCUT2D eigenvalue weighted by atomic mass is 10.3. The van der Waals surface area contributed by atoms with Gasteiger partial charge in [0, 0.05) is 18.8 Å². The van der Waals surface area contributed by atoms with E-state index in [1.807, 2.05) is 35.2 Å². The van der Waals surface area contributed by atoms with Gasteiger partial charge < -0.3 is 14.9 Å². The predicted octanol–water partition coefficient (Wildman–Crippen LogP) is 1.92. The molecular formula is C14H22N2O2. The number of rotatable bonds is 8. The number of carboxylic acid groups (broad SMARTS) is 1. The van der Waals surface area contributed by atoms with Crippen LogP contribution in [0.1, 0.15) is 13.8 Å². The lowest BCUT2D eigenvalue weighted by Crippen LogP contribution is -2.37. The first-order valence-electron chi connectivity index (χ1n) is 6.41. The number of carbonyl (C=O) groups is 1. The van der Waals surface area contributed by atoms with Crippen molar-refractivity contribution in [1.29, 1.82) is 0 Å². The van der Waals surface area contributed by atoms with Gasteiger partial charge in [-0.05, 0) is 25.2 Å². The van der Waals surface area contributed by atoms with Gasteiger partial charge in [0.1, 0.15) is 6.54 Å². The zero-order chi connectivity index (χ0) is 13.4. The third-order valence-electron chi connectivity index (χ3n) is 3.03. The number of hydrogen-bond donors (Lipinski definition) is 1. The minimum absolute atomic E-state index is 0.0469. The summed E-state index contributed by atoms with van der Waals surface area (Å²) >= 11 is 0. The molecule has 0 aliphatic heterocycles. The maximum atomic E-state index is 10.9. The van der Waals surface area contributed by atoms with Crippen LogP contribution in [0.2, 0.25) is 0 Å². The van der Waals surface area contributed by atoms with Crippen molar-refractivity contribution in [2.45, 2.75) is 13.8 Å². The van der Waals surface area contributed by atoms with Crippen LogP contribution >= 0.6 is 0 Å². The highest BCUT2D eigenvalue weighted by molar-refractivity contribution is 5.73. The summed E-state index contributed by atoms with van der Waals surface area (Å²) in [5, 5.41) is 8.97. The van der Waals surface area contributed by atoms with Crippen LogP contribution in [-0.2, 0) is 4.79 Å². The van der Waals surface area contributed by atoms with E-state index in [2.05, 4.69) is 18.7 Å². The average Bonchev–Trinajstić information content (AvgIpc) is 2.39. The first kappa shape index (κ1) is 14.5. The summed E-state index contributed by atoms with van der Waals surface area (Å²) in [6.45, 7) is 7.89. The summed E-state index contributed by atoms with van der Waals surface area (Å²) < 4.78 is 0. The fraction of sp³-hybridized carbons (Fsp3) is 0.500. The Morgan fingerprint density at radius 1 is 1.11 bits per heavy atom. The maximum absolute atomic E-state index is 10.9. The molecule has 0 aliphatic rings. The molecule has 0 radical (unpaired) electrons. The van der Waals surface area contributed by atoms with E-state index < -0.39 is 5.97 Å². The molecule has 0 saturated carbocycles. The van der Waals surface area contributed by atoms with Crippen molar-refractivity contribution in [1.82, 2.24) is 4.90 Å². The molecule has 0 saturated heterocycles. The summed E-state index contributed by atoms with van der Waals surface area (Å²) in [5.41, 5.74) is 0.965. The lowest BCUT2D eigenvalue weighted by molar-refractivity contribution is -0.135. The molecular weight excluding hydrogens is 228 g/mol. The summed E-state index contributed by atoms with van der Waals surface area (Å²) in [5.74, 6) is -0.793. The zero-order valence-electron chi connectivity index (χ0n) is 11.2. The van der Waals surface area contributed by atoms with Crippen LogP contribution in [0.4, 0.5) is 5.69 Å². The molecule has 0 bridgehead atoms. The van der Waals surface area contributed by atoms with Gasteiger partial charge in [-0.25, -0.2) is 0 Å². The smallest absolute Gasteiger partial charge is 0.323 e. The molecule has 0 aromatic heterocycles. The number of nitrogens with zero attached hydrogens (tertiary/aromatic N) is 2. The highest BCUT2D eigenvalue weighted by Gasteiger charge is 2.11. The maximum Gasteiger partial charge on any atom is 0.323 e. The molecule has 0 heterocycles. The van der Waals surface area contributed by atoms with Crippen LogP contribution in [0.25, 0.3) is 0 Å². The zero-order valence-corrected chi connectivity index (χ0v) is 11.2. The van der Waals surface area contributed by atoms with Gasteiger partial charge in [0.2, 0.25) is 0 Å². The first-order chi connectivity index (χ1) is 8.67. The summed E-state index contributed by atoms with van der Waals surface area (Å²) in [6.07, 6.45) is 0. The Balaban J connectivity index is 2.64.